The Labute approximate surface area is 174 Å². The van der Waals surface area contributed by atoms with Crippen molar-refractivity contribution < 1.29 is 61.1 Å². The lowest BCUT2D eigenvalue weighted by Gasteiger charge is -2.26. The number of hydrogen-bond acceptors (Lipinski definition) is 11. The van der Waals surface area contributed by atoms with E-state index in [4.69, 9.17) is 32.5 Å². The summed E-state index contributed by atoms with van der Waals surface area (Å²) in [4.78, 5) is 19.8. The highest BCUT2D eigenvalue weighted by Crippen LogP contribution is 2.50. The second-order valence-corrected chi connectivity index (χ2v) is 9.82. The maximum absolute atomic E-state index is 12.5. The molecule has 0 spiro atoms. The minimum atomic E-state index is -4.66. The van der Waals surface area contributed by atoms with Gasteiger partial charge in [0.05, 0.1) is 25.4 Å². The molecule has 178 valence electrons. The van der Waals surface area contributed by atoms with Crippen LogP contribution in [0.25, 0.3) is 0 Å². The highest BCUT2D eigenvalue weighted by atomic mass is 31.2. The van der Waals surface area contributed by atoms with Gasteiger partial charge in [-0.05, 0) is 13.8 Å². The Hall–Kier alpha value is 0.0200. The van der Waals surface area contributed by atoms with Crippen molar-refractivity contribution in [1.82, 2.24) is 0 Å². The Kier molecular flexibility index (Phi) is 9.42. The molecule has 0 aliphatic carbocycles. The normalized spacial score (nSPS) is 40.9. The summed E-state index contributed by atoms with van der Waals surface area (Å²) in [7, 11) is -5.32. The van der Waals surface area contributed by atoms with Crippen LogP contribution in [0.2, 0.25) is 0 Å². The van der Waals surface area contributed by atoms with Gasteiger partial charge in [0.15, 0.2) is 0 Å². The van der Waals surface area contributed by atoms with E-state index < -0.39 is 77.7 Å². The van der Waals surface area contributed by atoms with Crippen LogP contribution >= 0.6 is 15.6 Å². The second-order valence-electron chi connectivity index (χ2n) is 6.90. The molecule has 3 N–H and O–H groups in total. The minimum absolute atomic E-state index is 0.452. The fourth-order valence-corrected chi connectivity index (χ4v) is 5.16. The maximum Gasteiger partial charge on any atom is 0.472 e. The van der Waals surface area contributed by atoms with E-state index in [1.165, 1.54) is 14.2 Å². The molecule has 15 heteroatoms. The number of rotatable bonds is 11. The van der Waals surface area contributed by atoms with Crippen LogP contribution in [0.3, 0.4) is 0 Å². The van der Waals surface area contributed by atoms with Crippen LogP contribution in [0.15, 0.2) is 0 Å². The van der Waals surface area contributed by atoms with E-state index in [9.17, 15) is 24.0 Å². The first kappa shape index (κ1) is 26.3. The lowest BCUT2D eigenvalue weighted by molar-refractivity contribution is -0.0400. The topological polar surface area (TPSA) is 169 Å². The van der Waals surface area contributed by atoms with Crippen molar-refractivity contribution in [2.24, 2.45) is 0 Å². The van der Waals surface area contributed by atoms with Gasteiger partial charge >= 0.3 is 15.6 Å². The number of aliphatic hydroxyl groups is 1. The quantitative estimate of drug-likeness (QED) is 0.344. The highest BCUT2D eigenvalue weighted by molar-refractivity contribution is 7.47. The molecule has 0 amide bonds. The van der Waals surface area contributed by atoms with Crippen molar-refractivity contribution >= 4 is 15.6 Å². The van der Waals surface area contributed by atoms with Gasteiger partial charge < -0.3 is 33.8 Å². The van der Waals surface area contributed by atoms with Crippen LogP contribution < -0.4 is 0 Å². The van der Waals surface area contributed by atoms with Crippen molar-refractivity contribution in [3.05, 3.63) is 0 Å². The first-order chi connectivity index (χ1) is 14.0. The summed E-state index contributed by atoms with van der Waals surface area (Å²) in [5.41, 5.74) is 0. The lowest BCUT2D eigenvalue weighted by Crippen LogP contribution is -2.38. The zero-order valence-corrected chi connectivity index (χ0v) is 19.1. The highest BCUT2D eigenvalue weighted by Gasteiger charge is 2.50. The third-order valence-corrected chi connectivity index (χ3v) is 6.91. The van der Waals surface area contributed by atoms with E-state index in [-0.39, 0.29) is 0 Å². The van der Waals surface area contributed by atoms with Gasteiger partial charge in [0, 0.05) is 21.3 Å². The smallest absolute Gasteiger partial charge is 0.394 e. The van der Waals surface area contributed by atoms with Crippen molar-refractivity contribution in [1.29, 1.82) is 0 Å². The van der Waals surface area contributed by atoms with Gasteiger partial charge in [-0.25, -0.2) is 9.13 Å². The number of aliphatic hydroxyl groups excluding tert-OH is 1. The van der Waals surface area contributed by atoms with Gasteiger partial charge in [0.25, 0.3) is 0 Å². The lowest BCUT2D eigenvalue weighted by atomic mass is 10.1. The van der Waals surface area contributed by atoms with E-state index in [1.54, 1.807) is 13.8 Å². The second kappa shape index (κ2) is 10.8. The summed E-state index contributed by atoms with van der Waals surface area (Å²) in [5.74, 6) is 0. The molecule has 10 atom stereocenters. The molecule has 2 heterocycles. The first-order valence-electron chi connectivity index (χ1n) is 9.18. The van der Waals surface area contributed by atoms with Crippen molar-refractivity contribution in [3.8, 4) is 0 Å². The number of ether oxygens (including phenoxy) is 4. The largest absolute Gasteiger partial charge is 0.472 e. The molecule has 0 aromatic carbocycles. The maximum atomic E-state index is 12.5. The number of hydrogen-bond donors (Lipinski definition) is 3. The molecule has 2 unspecified atom stereocenters. The molecule has 0 radical (unpaired) electrons. The molecule has 0 saturated carbocycles. The number of phosphoric acid groups is 2. The molecule has 2 fully saturated rings. The predicted octanol–water partition coefficient (Wildman–Crippen LogP) is 0.217. The van der Waals surface area contributed by atoms with Crippen molar-refractivity contribution in [2.45, 2.75) is 62.7 Å². The standard InChI is InChI=1S/C15H30O13P2/c1-8-12(21-3)14(10(6-16)25-8)28-30(19,20)24-7-11-15(27-29(17,18)23-5)13(22-4)9(2)26-11/h8-16H,6-7H2,1-5H3,(H,17,18)(H,19,20)/t8-,9-,10+,11+,12-,13-,14+,15+/m0/s1. The molecular formula is C15H30O13P2. The first-order valence-corrected chi connectivity index (χ1v) is 12.2. The summed E-state index contributed by atoms with van der Waals surface area (Å²) in [6.45, 7) is 2.34. The van der Waals surface area contributed by atoms with E-state index in [0.29, 0.717) is 0 Å². The number of phosphoric ester groups is 2. The minimum Gasteiger partial charge on any atom is -0.394 e. The van der Waals surface area contributed by atoms with Crippen LogP contribution in [0.4, 0.5) is 0 Å². The third kappa shape index (κ3) is 6.29. The fraction of sp³-hybridized carbons (Fsp3) is 1.00. The Morgan fingerprint density at radius 3 is 1.73 bits per heavy atom. The van der Waals surface area contributed by atoms with Crippen LogP contribution in [0, 0.1) is 0 Å². The monoisotopic (exact) mass is 480 g/mol. The van der Waals surface area contributed by atoms with Gasteiger partial charge in [0.1, 0.15) is 36.6 Å². The summed E-state index contributed by atoms with van der Waals surface area (Å²) in [5, 5.41) is 9.43. The van der Waals surface area contributed by atoms with E-state index >= 15 is 0 Å². The fourth-order valence-electron chi connectivity index (χ4n) is 3.56. The molecular weight excluding hydrogens is 450 g/mol. The van der Waals surface area contributed by atoms with Crippen LogP contribution in [-0.4, -0.2) is 98.3 Å². The van der Waals surface area contributed by atoms with E-state index in [0.717, 1.165) is 7.11 Å². The molecule has 0 aromatic rings. The molecule has 2 rings (SSSR count). The van der Waals surface area contributed by atoms with E-state index in [1.807, 2.05) is 0 Å². The third-order valence-electron chi connectivity index (χ3n) is 4.95. The van der Waals surface area contributed by atoms with E-state index in [2.05, 4.69) is 4.52 Å². The zero-order valence-electron chi connectivity index (χ0n) is 17.4. The molecule has 30 heavy (non-hydrogen) atoms. The van der Waals surface area contributed by atoms with Crippen LogP contribution in [0.5, 0.6) is 0 Å². The Morgan fingerprint density at radius 1 is 0.800 bits per heavy atom. The van der Waals surface area contributed by atoms with Crippen molar-refractivity contribution in [3.63, 3.8) is 0 Å². The summed E-state index contributed by atoms with van der Waals surface area (Å²) >= 11 is 0. The number of methoxy groups -OCH3 is 2. The summed E-state index contributed by atoms with van der Waals surface area (Å²) in [6, 6.07) is 0. The van der Waals surface area contributed by atoms with Gasteiger partial charge in [-0.1, -0.05) is 0 Å². The average Bonchev–Trinajstić information content (AvgIpc) is 3.14. The Balaban J connectivity index is 2.05. The van der Waals surface area contributed by atoms with Crippen molar-refractivity contribution in [2.75, 3.05) is 34.5 Å². The van der Waals surface area contributed by atoms with Gasteiger partial charge in [0.2, 0.25) is 0 Å². The summed E-state index contributed by atoms with van der Waals surface area (Å²) < 4.78 is 65.6. The molecule has 2 saturated heterocycles. The molecule has 2 aliphatic rings. The molecule has 0 aromatic heterocycles. The van der Waals surface area contributed by atoms with Gasteiger partial charge in [-0.3, -0.25) is 18.1 Å². The summed E-state index contributed by atoms with van der Waals surface area (Å²) in [6.07, 6.45) is -6.59. The van der Waals surface area contributed by atoms with Gasteiger partial charge in [-0.2, -0.15) is 0 Å². The Bertz CT molecular complexity index is 648. The molecule has 2 aliphatic heterocycles. The van der Waals surface area contributed by atoms with Crippen LogP contribution in [0.1, 0.15) is 13.8 Å². The van der Waals surface area contributed by atoms with Crippen LogP contribution in [-0.2, 0) is 46.2 Å². The SMILES string of the molecule is CO[C@@H]1[C@H](OP(=O)(O)OC)[C@@H](COP(=O)(O)O[C@H]2[C@@H](OC)[C@H](C)O[C@@H]2CO)O[C@H]1C. The predicted molar refractivity (Wildman–Crippen MR) is 99.7 cm³/mol. The zero-order chi connectivity index (χ0) is 22.7. The molecule has 0 bridgehead atoms. The Morgan fingerprint density at radius 2 is 1.27 bits per heavy atom. The average molecular weight is 480 g/mol. The molecule has 13 nitrogen and oxygen atoms in total. The van der Waals surface area contributed by atoms with Gasteiger partial charge in [-0.15, -0.1) is 0 Å².